The van der Waals surface area contributed by atoms with Crippen molar-refractivity contribution in [2.45, 2.75) is 103 Å². The molecule has 0 spiro atoms. The first kappa shape index (κ1) is 30.6. The van der Waals surface area contributed by atoms with E-state index in [0.717, 1.165) is 88.5 Å². The zero-order valence-corrected chi connectivity index (χ0v) is 24.6. The second kappa shape index (κ2) is 15.1. The molecule has 40 heavy (non-hydrogen) atoms. The molecule has 2 N–H and O–H groups in total. The van der Waals surface area contributed by atoms with E-state index in [2.05, 4.69) is 25.2 Å². The molecular weight excluding hydrogens is 510 g/mol. The van der Waals surface area contributed by atoms with E-state index in [1.165, 1.54) is 12.7 Å². The number of carbonyl (C=O) groups is 2. The minimum absolute atomic E-state index is 0.107. The molecule has 0 amide bonds. The molecule has 8 nitrogen and oxygen atoms in total. The van der Waals surface area contributed by atoms with E-state index in [-0.39, 0.29) is 30.8 Å². The number of unbranched alkanes of at least 4 members (excludes halogenated alkanes) is 2. The number of ether oxygens (including phenoxy) is 4. The fourth-order valence-corrected chi connectivity index (χ4v) is 7.17. The Kier molecular flexibility index (Phi) is 11.5. The van der Waals surface area contributed by atoms with Gasteiger partial charge in [0.1, 0.15) is 18.0 Å². The summed E-state index contributed by atoms with van der Waals surface area (Å²) < 4.78 is 22.2. The Morgan fingerprint density at radius 2 is 2.00 bits per heavy atom. The molecular formula is C32H49NO7. The van der Waals surface area contributed by atoms with Crippen LogP contribution < -0.4 is 10.1 Å². The Balaban J connectivity index is 1.36. The molecule has 2 aliphatic carbocycles. The van der Waals surface area contributed by atoms with Gasteiger partial charge in [-0.15, -0.1) is 0 Å². The van der Waals surface area contributed by atoms with Gasteiger partial charge in [-0.05, 0) is 105 Å². The third-order valence-corrected chi connectivity index (χ3v) is 9.47. The van der Waals surface area contributed by atoms with Gasteiger partial charge in [-0.2, -0.15) is 0 Å². The summed E-state index contributed by atoms with van der Waals surface area (Å²) in [6.45, 7) is 5.86. The van der Waals surface area contributed by atoms with Gasteiger partial charge >= 0.3 is 12.1 Å². The van der Waals surface area contributed by atoms with Gasteiger partial charge in [0.2, 0.25) is 0 Å². The number of hydrogen-bond donors (Lipinski definition) is 2. The topological polar surface area (TPSA) is 103 Å². The molecule has 2 fully saturated rings. The van der Waals surface area contributed by atoms with Crippen LogP contribution >= 0.6 is 0 Å². The number of esters is 1. The molecule has 4 rings (SSSR count). The van der Waals surface area contributed by atoms with Crippen molar-refractivity contribution in [1.82, 2.24) is 5.32 Å². The smallest absolute Gasteiger partial charge is 0.482 e. The molecule has 1 saturated carbocycles. The quantitative estimate of drug-likeness (QED) is 0.250. The summed E-state index contributed by atoms with van der Waals surface area (Å²) in [6.07, 6.45) is 8.83. The summed E-state index contributed by atoms with van der Waals surface area (Å²) in [4.78, 5) is 24.4. The lowest BCUT2D eigenvalue weighted by molar-refractivity contribution is -0.142. The summed E-state index contributed by atoms with van der Waals surface area (Å²) in [6, 6.07) is 6.02. The first-order valence-corrected chi connectivity index (χ1v) is 15.5. The van der Waals surface area contributed by atoms with Gasteiger partial charge in [0.25, 0.3) is 0 Å². The van der Waals surface area contributed by atoms with Crippen molar-refractivity contribution in [3.63, 3.8) is 0 Å². The van der Waals surface area contributed by atoms with Gasteiger partial charge < -0.3 is 29.4 Å². The van der Waals surface area contributed by atoms with Crippen molar-refractivity contribution in [1.29, 1.82) is 0 Å². The Bertz CT molecular complexity index is 969. The molecule has 1 saturated heterocycles. The number of benzene rings is 1. The molecule has 8 heteroatoms. The zero-order chi connectivity index (χ0) is 28.5. The van der Waals surface area contributed by atoms with Gasteiger partial charge in [0.15, 0.2) is 6.61 Å². The molecule has 0 bridgehead atoms. The molecule has 0 aromatic heterocycles. The Labute approximate surface area is 239 Å². The SMILES string of the molecule is CCCCC[C@H](CC[C@@H]1[C@H]2Cc3cccc(OCC(=O)OC)c3C[C@H]2C[C@H]1O)OC(=O)OC1CNCCC1CC. The van der Waals surface area contributed by atoms with Crippen LogP contribution in [-0.4, -0.2) is 62.3 Å². The molecule has 1 aromatic rings. The minimum atomic E-state index is -0.551. The van der Waals surface area contributed by atoms with Crippen LogP contribution in [0.5, 0.6) is 5.75 Å². The number of rotatable bonds is 13. The fraction of sp³-hybridized carbons (Fsp3) is 0.750. The van der Waals surface area contributed by atoms with Crippen LogP contribution in [0.2, 0.25) is 0 Å². The van der Waals surface area contributed by atoms with Crippen LogP contribution in [0.25, 0.3) is 0 Å². The van der Waals surface area contributed by atoms with Crippen LogP contribution in [0.1, 0.15) is 82.8 Å². The third kappa shape index (κ3) is 7.90. The normalized spacial score (nSPS) is 28.2. The third-order valence-electron chi connectivity index (χ3n) is 9.47. The Hall–Kier alpha value is -2.32. The lowest BCUT2D eigenvalue weighted by atomic mass is 9.73. The van der Waals surface area contributed by atoms with Crippen molar-refractivity contribution in [2.24, 2.45) is 23.7 Å². The number of nitrogens with one attached hydrogen (secondary N) is 1. The van der Waals surface area contributed by atoms with E-state index in [0.29, 0.717) is 24.3 Å². The van der Waals surface area contributed by atoms with Crippen LogP contribution in [0.15, 0.2) is 18.2 Å². The molecule has 1 aromatic carbocycles. The second-order valence-corrected chi connectivity index (χ2v) is 11.9. The molecule has 7 atom stereocenters. The first-order valence-electron chi connectivity index (χ1n) is 15.5. The summed E-state index contributed by atoms with van der Waals surface area (Å²) in [5.74, 6) is 1.62. The highest BCUT2D eigenvalue weighted by atomic mass is 16.7. The molecule has 224 valence electrons. The van der Waals surface area contributed by atoms with Gasteiger partial charge in [0, 0.05) is 6.54 Å². The number of fused-ring (bicyclic) bond motifs is 2. The predicted octanol–water partition coefficient (Wildman–Crippen LogP) is 5.22. The number of aliphatic hydroxyl groups is 1. The van der Waals surface area contributed by atoms with Gasteiger partial charge in [-0.25, -0.2) is 9.59 Å². The van der Waals surface area contributed by atoms with Crippen molar-refractivity contribution in [3.05, 3.63) is 29.3 Å². The highest BCUT2D eigenvalue weighted by Gasteiger charge is 2.45. The largest absolute Gasteiger partial charge is 0.508 e. The van der Waals surface area contributed by atoms with Crippen molar-refractivity contribution in [3.8, 4) is 5.75 Å². The maximum absolute atomic E-state index is 12.8. The average Bonchev–Trinajstić information content (AvgIpc) is 3.27. The van der Waals surface area contributed by atoms with Crippen LogP contribution in [0.3, 0.4) is 0 Å². The standard InChI is InChI=1S/C32H49NO7/c1-4-6-7-10-24(39-32(36)40-30-19-33-15-14-21(30)5-2)12-13-25-26-16-22-9-8-11-29(38-20-31(35)37-3)27(22)17-23(26)18-28(25)34/h8-9,11,21,23-26,28,30,33-34H,4-7,10,12-20H2,1-3H3/t21?,23-,24+,25+,26-,28+,30?/m0/s1. The second-order valence-electron chi connectivity index (χ2n) is 11.9. The number of aliphatic hydroxyl groups excluding tert-OH is 1. The summed E-state index contributed by atoms with van der Waals surface area (Å²) in [5.41, 5.74) is 2.38. The summed E-state index contributed by atoms with van der Waals surface area (Å²) in [5, 5.41) is 14.5. The molecule has 1 heterocycles. The maximum Gasteiger partial charge on any atom is 0.508 e. The fourth-order valence-electron chi connectivity index (χ4n) is 7.17. The van der Waals surface area contributed by atoms with Crippen molar-refractivity contribution in [2.75, 3.05) is 26.8 Å². The van der Waals surface area contributed by atoms with E-state index in [1.807, 2.05) is 12.1 Å². The van der Waals surface area contributed by atoms with Crippen LogP contribution in [0.4, 0.5) is 4.79 Å². The lowest BCUT2D eigenvalue weighted by Gasteiger charge is -2.33. The molecule has 3 aliphatic rings. The van der Waals surface area contributed by atoms with E-state index in [9.17, 15) is 14.7 Å². The monoisotopic (exact) mass is 559 g/mol. The number of piperidine rings is 1. The molecule has 0 radical (unpaired) electrons. The maximum atomic E-state index is 12.8. The lowest BCUT2D eigenvalue weighted by Crippen LogP contribution is -2.43. The number of carbonyl (C=O) groups excluding carboxylic acids is 2. The highest BCUT2D eigenvalue weighted by Crippen LogP contribution is 2.48. The van der Waals surface area contributed by atoms with E-state index in [1.54, 1.807) is 0 Å². The van der Waals surface area contributed by atoms with Gasteiger partial charge in [-0.3, -0.25) is 0 Å². The highest BCUT2D eigenvalue weighted by molar-refractivity contribution is 5.71. The summed E-state index contributed by atoms with van der Waals surface area (Å²) in [7, 11) is 1.36. The van der Waals surface area contributed by atoms with Crippen LogP contribution in [0, 0.1) is 23.7 Å². The Morgan fingerprint density at radius 1 is 1.15 bits per heavy atom. The number of hydrogen-bond acceptors (Lipinski definition) is 8. The predicted molar refractivity (Wildman–Crippen MR) is 152 cm³/mol. The van der Waals surface area contributed by atoms with Crippen molar-refractivity contribution < 1.29 is 33.6 Å². The molecule has 1 aliphatic heterocycles. The van der Waals surface area contributed by atoms with E-state index >= 15 is 0 Å². The summed E-state index contributed by atoms with van der Waals surface area (Å²) >= 11 is 0. The van der Waals surface area contributed by atoms with Gasteiger partial charge in [0.05, 0.1) is 13.2 Å². The zero-order valence-electron chi connectivity index (χ0n) is 24.6. The Morgan fingerprint density at radius 3 is 2.77 bits per heavy atom. The van der Waals surface area contributed by atoms with Crippen molar-refractivity contribution >= 4 is 12.1 Å². The molecule has 2 unspecified atom stereocenters. The first-order chi connectivity index (χ1) is 19.4. The van der Waals surface area contributed by atoms with E-state index in [4.69, 9.17) is 18.9 Å². The average molecular weight is 560 g/mol. The minimum Gasteiger partial charge on any atom is -0.482 e. The number of methoxy groups -OCH3 is 1. The van der Waals surface area contributed by atoms with Gasteiger partial charge in [-0.1, -0.05) is 38.8 Å². The van der Waals surface area contributed by atoms with E-state index < -0.39 is 12.1 Å². The van der Waals surface area contributed by atoms with Crippen LogP contribution in [-0.2, 0) is 31.8 Å².